The molecule has 0 aromatic heterocycles. The molecule has 0 spiro atoms. The van der Waals surface area contributed by atoms with Crippen molar-refractivity contribution in [2.45, 2.75) is 58.3 Å². The molecule has 1 rings (SSSR count). The minimum absolute atomic E-state index is 0.517. The van der Waals surface area contributed by atoms with E-state index in [1.807, 2.05) is 0 Å². The molecule has 0 saturated heterocycles. The second-order valence-corrected chi connectivity index (χ2v) is 7.85. The Morgan fingerprint density at radius 2 is 1.09 bits per heavy atom. The molecular weight excluding hydrogens is 420 g/mol. The van der Waals surface area contributed by atoms with Crippen LogP contribution in [0.2, 0.25) is 0 Å². The summed E-state index contributed by atoms with van der Waals surface area (Å²) in [7, 11) is 0. The van der Waals surface area contributed by atoms with E-state index in [-0.39, 0.29) is 0 Å². The first-order valence-electron chi connectivity index (χ1n) is 12.6. The van der Waals surface area contributed by atoms with Crippen LogP contribution in [0, 0.1) is 0 Å². The molecule has 6 nitrogen and oxygen atoms in total. The number of aryl methyl sites for hydroxylation is 1. The lowest BCUT2D eigenvalue weighted by Crippen LogP contribution is -2.14. The Balaban J connectivity index is 1.84. The molecule has 0 N–H and O–H groups in total. The fraction of sp³-hybridized carbons (Fsp3) is 0.704. The van der Waals surface area contributed by atoms with Gasteiger partial charge in [0.1, 0.15) is 19.0 Å². The van der Waals surface area contributed by atoms with Gasteiger partial charge in [-0.3, -0.25) is 0 Å². The maximum atomic E-state index is 5.74. The maximum absolute atomic E-state index is 5.74. The Morgan fingerprint density at radius 1 is 0.606 bits per heavy atom. The van der Waals surface area contributed by atoms with Gasteiger partial charge in [-0.05, 0) is 30.5 Å². The third-order valence-electron chi connectivity index (χ3n) is 5.07. The topological polar surface area (TPSA) is 55.4 Å². The van der Waals surface area contributed by atoms with Crippen LogP contribution in [0.4, 0.5) is 0 Å². The summed E-state index contributed by atoms with van der Waals surface area (Å²) >= 11 is 0. The van der Waals surface area contributed by atoms with Gasteiger partial charge in [0.2, 0.25) is 0 Å². The first kappa shape index (κ1) is 29.4. The third kappa shape index (κ3) is 19.6. The summed E-state index contributed by atoms with van der Waals surface area (Å²) in [5, 5.41) is 0. The van der Waals surface area contributed by atoms with Crippen molar-refractivity contribution in [3.8, 4) is 5.75 Å². The van der Waals surface area contributed by atoms with E-state index < -0.39 is 0 Å². The molecule has 1 aromatic rings. The van der Waals surface area contributed by atoms with Gasteiger partial charge in [0, 0.05) is 0 Å². The Kier molecular flexibility index (Phi) is 21.0. The van der Waals surface area contributed by atoms with Gasteiger partial charge in [-0.1, -0.05) is 64.2 Å². The highest BCUT2D eigenvalue weighted by Crippen LogP contribution is 2.15. The van der Waals surface area contributed by atoms with Crippen molar-refractivity contribution in [1.82, 2.24) is 0 Å². The zero-order valence-electron chi connectivity index (χ0n) is 20.8. The Morgan fingerprint density at radius 3 is 1.64 bits per heavy atom. The normalized spacial score (nSPS) is 10.9. The van der Waals surface area contributed by atoms with Crippen molar-refractivity contribution in [3.05, 3.63) is 42.7 Å². The van der Waals surface area contributed by atoms with Gasteiger partial charge in [0.05, 0.1) is 59.1 Å². The van der Waals surface area contributed by atoms with Crippen LogP contribution in [0.3, 0.4) is 0 Å². The van der Waals surface area contributed by atoms with Crippen molar-refractivity contribution < 1.29 is 28.4 Å². The Hall–Kier alpha value is -1.60. The smallest absolute Gasteiger partial charge is 0.119 e. The fourth-order valence-electron chi connectivity index (χ4n) is 3.21. The van der Waals surface area contributed by atoms with Crippen molar-refractivity contribution in [2.75, 3.05) is 66.1 Å². The van der Waals surface area contributed by atoms with Crippen LogP contribution in [0.15, 0.2) is 37.1 Å². The van der Waals surface area contributed by atoms with Gasteiger partial charge in [-0.15, -0.1) is 0 Å². The molecule has 0 atom stereocenters. The lowest BCUT2D eigenvalue weighted by molar-refractivity contribution is -0.00833. The molecule has 0 unspecified atom stereocenters. The lowest BCUT2D eigenvalue weighted by Gasteiger charge is -2.09. The lowest BCUT2D eigenvalue weighted by atomic mass is 10.0. The molecule has 0 radical (unpaired) electrons. The van der Waals surface area contributed by atoms with E-state index in [0.717, 1.165) is 12.2 Å². The molecule has 6 heteroatoms. The molecule has 0 saturated carbocycles. The number of hydrogen-bond donors (Lipinski definition) is 0. The summed E-state index contributed by atoms with van der Waals surface area (Å²) < 4.78 is 32.4. The highest BCUT2D eigenvalue weighted by Gasteiger charge is 1.98. The fourth-order valence-corrected chi connectivity index (χ4v) is 3.21. The molecule has 0 aliphatic rings. The van der Waals surface area contributed by atoms with Crippen LogP contribution < -0.4 is 4.74 Å². The summed E-state index contributed by atoms with van der Waals surface area (Å²) in [6, 6.07) is 8.46. The van der Waals surface area contributed by atoms with Crippen LogP contribution in [0.5, 0.6) is 5.75 Å². The largest absolute Gasteiger partial charge is 0.499 e. The zero-order valence-corrected chi connectivity index (χ0v) is 20.8. The van der Waals surface area contributed by atoms with Gasteiger partial charge in [0.15, 0.2) is 0 Å². The first-order chi connectivity index (χ1) is 16.4. The van der Waals surface area contributed by atoms with E-state index in [2.05, 4.69) is 37.8 Å². The number of benzene rings is 1. The van der Waals surface area contributed by atoms with E-state index in [4.69, 9.17) is 28.4 Å². The summed E-state index contributed by atoms with van der Waals surface area (Å²) in [4.78, 5) is 0. The van der Waals surface area contributed by atoms with Crippen molar-refractivity contribution in [3.63, 3.8) is 0 Å². The molecular formula is C27H46O6. The Bertz CT molecular complexity index is 534. The molecule has 0 aliphatic heterocycles. The molecule has 33 heavy (non-hydrogen) atoms. The minimum atomic E-state index is 0.517. The summed E-state index contributed by atoms with van der Waals surface area (Å²) in [6.07, 6.45) is 12.0. The van der Waals surface area contributed by atoms with Crippen LogP contribution in [-0.2, 0) is 30.1 Å². The molecule has 190 valence electrons. The monoisotopic (exact) mass is 466 g/mol. The first-order valence-corrected chi connectivity index (χ1v) is 12.6. The highest BCUT2D eigenvalue weighted by molar-refractivity contribution is 5.27. The van der Waals surface area contributed by atoms with Crippen LogP contribution in [0.1, 0.15) is 57.4 Å². The summed E-state index contributed by atoms with van der Waals surface area (Å²) in [5.41, 5.74) is 1.39. The maximum Gasteiger partial charge on any atom is 0.119 e. The second-order valence-electron chi connectivity index (χ2n) is 7.85. The average Bonchev–Trinajstić information content (AvgIpc) is 2.84. The minimum Gasteiger partial charge on any atom is -0.499 e. The van der Waals surface area contributed by atoms with Gasteiger partial charge < -0.3 is 28.4 Å². The van der Waals surface area contributed by atoms with Crippen LogP contribution in [-0.4, -0.2) is 66.1 Å². The zero-order chi connectivity index (χ0) is 23.7. The van der Waals surface area contributed by atoms with E-state index in [9.17, 15) is 0 Å². The number of unbranched alkanes of at least 4 members (excludes halogenated alkanes) is 6. The van der Waals surface area contributed by atoms with Gasteiger partial charge in [0.25, 0.3) is 0 Å². The molecule has 0 amide bonds. The van der Waals surface area contributed by atoms with E-state index in [0.29, 0.717) is 66.1 Å². The quantitative estimate of drug-likeness (QED) is 0.138. The Labute approximate surface area is 201 Å². The second kappa shape index (κ2) is 23.6. The molecule has 0 fully saturated rings. The van der Waals surface area contributed by atoms with E-state index in [1.165, 1.54) is 56.8 Å². The van der Waals surface area contributed by atoms with E-state index in [1.54, 1.807) is 0 Å². The molecule has 0 aliphatic carbocycles. The molecule has 0 heterocycles. The third-order valence-corrected chi connectivity index (χ3v) is 5.07. The van der Waals surface area contributed by atoms with Crippen LogP contribution in [0.25, 0.3) is 0 Å². The number of hydrogen-bond acceptors (Lipinski definition) is 6. The molecule has 1 aromatic carbocycles. The van der Waals surface area contributed by atoms with Crippen molar-refractivity contribution >= 4 is 0 Å². The standard InChI is InChI=1S/C27H46O6/c1-3-5-6-7-8-9-10-11-26-12-14-27(15-13-26)33-25-24-32-23-22-31-21-20-30-19-18-29-17-16-28-4-2/h4,12-15H,2-3,5-11,16-25H2,1H3. The van der Waals surface area contributed by atoms with Crippen LogP contribution >= 0.6 is 0 Å². The molecule has 0 bridgehead atoms. The average molecular weight is 467 g/mol. The van der Waals surface area contributed by atoms with Crippen molar-refractivity contribution in [1.29, 1.82) is 0 Å². The van der Waals surface area contributed by atoms with Gasteiger partial charge in [-0.25, -0.2) is 0 Å². The van der Waals surface area contributed by atoms with Gasteiger partial charge in [-0.2, -0.15) is 0 Å². The predicted octanol–water partition coefficient (Wildman–Crippen LogP) is 5.59. The summed E-state index contributed by atoms with van der Waals surface area (Å²) in [6.45, 7) is 11.2. The van der Waals surface area contributed by atoms with E-state index >= 15 is 0 Å². The number of rotatable bonds is 25. The predicted molar refractivity (Wildman–Crippen MR) is 133 cm³/mol. The highest BCUT2D eigenvalue weighted by atomic mass is 16.6. The SMILES string of the molecule is C=COCCOCCOCCOCCOCCOc1ccc(CCCCCCCCC)cc1. The van der Waals surface area contributed by atoms with Gasteiger partial charge >= 0.3 is 0 Å². The van der Waals surface area contributed by atoms with Crippen molar-refractivity contribution in [2.24, 2.45) is 0 Å². The number of ether oxygens (including phenoxy) is 6. The summed E-state index contributed by atoms with van der Waals surface area (Å²) in [5.74, 6) is 0.896.